The molecule has 0 heterocycles. The minimum atomic E-state index is 0.919. The number of hydrogen-bond donors (Lipinski definition) is 0. The van der Waals surface area contributed by atoms with Crippen molar-refractivity contribution in [2.75, 3.05) is 21.1 Å². The predicted octanol–water partition coefficient (Wildman–Crippen LogP) is 1.62. The molecule has 0 atom stereocenters. The summed E-state index contributed by atoms with van der Waals surface area (Å²) in [6.07, 6.45) is 2.21. The molecule has 0 aromatic carbocycles. The van der Waals surface area contributed by atoms with Gasteiger partial charge in [-0.1, -0.05) is 0 Å². The third kappa shape index (κ3) is 5.70. The van der Waals surface area contributed by atoms with E-state index in [1.54, 1.807) is 0 Å². The molecule has 0 saturated carbocycles. The molecule has 0 amide bonds. The number of quaternary nitrogens is 1. The van der Waals surface area contributed by atoms with E-state index in [1.807, 2.05) is 0 Å². The van der Waals surface area contributed by atoms with Crippen LogP contribution in [0.3, 0.4) is 0 Å². The van der Waals surface area contributed by atoms with Crippen LogP contribution >= 0.6 is 0 Å². The van der Waals surface area contributed by atoms with Crippen molar-refractivity contribution < 1.29 is 4.48 Å². The lowest BCUT2D eigenvalue weighted by Crippen LogP contribution is -2.27. The zero-order chi connectivity index (χ0) is 6.78. The van der Waals surface area contributed by atoms with E-state index in [-0.39, 0.29) is 0 Å². The molecule has 0 saturated heterocycles. The molecule has 0 rings (SSSR count). The molecule has 0 aliphatic heterocycles. The first-order valence-electron chi connectivity index (χ1n) is 2.89. The van der Waals surface area contributed by atoms with Gasteiger partial charge in [0, 0.05) is 0 Å². The van der Waals surface area contributed by atoms with Crippen LogP contribution in [-0.2, 0) is 0 Å². The lowest BCUT2D eigenvalue weighted by Gasteiger charge is -2.18. The minimum Gasteiger partial charge on any atom is -0.305 e. The van der Waals surface area contributed by atoms with Gasteiger partial charge in [-0.25, -0.2) is 0 Å². The zero-order valence-electron chi connectivity index (χ0n) is 6.52. The molecule has 0 radical (unpaired) electrons. The van der Waals surface area contributed by atoms with E-state index < -0.39 is 0 Å². The molecule has 0 N–H and O–H groups in total. The third-order valence-corrected chi connectivity index (χ3v) is 0.645. The van der Waals surface area contributed by atoms with Crippen LogP contribution in [-0.4, -0.2) is 25.6 Å². The summed E-state index contributed by atoms with van der Waals surface area (Å²) in [6, 6.07) is 0. The van der Waals surface area contributed by atoms with Crippen molar-refractivity contribution in [3.8, 4) is 0 Å². The molecule has 0 aromatic heterocycles. The first-order chi connectivity index (χ1) is 3.42. The number of hydrogen-bond acceptors (Lipinski definition) is 0. The molecule has 0 fully saturated rings. The second kappa shape index (κ2) is 2.31. The maximum Gasteiger partial charge on any atom is 0.0938 e. The van der Waals surface area contributed by atoms with E-state index in [4.69, 9.17) is 0 Å². The van der Waals surface area contributed by atoms with Gasteiger partial charge in [0.05, 0.1) is 27.3 Å². The summed E-state index contributed by atoms with van der Waals surface area (Å²) >= 11 is 0. The summed E-state index contributed by atoms with van der Waals surface area (Å²) in [6.45, 7) is 4.23. The monoisotopic (exact) mass is 114 g/mol. The standard InChI is InChI=1S/C7H16N/c1-7(2)6-8(3,4)5/h6H,1-5H3/q+1. The topological polar surface area (TPSA) is 0 Å². The first kappa shape index (κ1) is 7.70. The SMILES string of the molecule is CC(C)=C[N+](C)(C)C. The van der Waals surface area contributed by atoms with Gasteiger partial charge < -0.3 is 4.48 Å². The van der Waals surface area contributed by atoms with Gasteiger partial charge in [0.25, 0.3) is 0 Å². The molecule has 0 aliphatic rings. The minimum absolute atomic E-state index is 0.919. The Kier molecular flexibility index (Phi) is 2.23. The van der Waals surface area contributed by atoms with Gasteiger partial charge in [0.15, 0.2) is 0 Å². The molecule has 1 heteroatoms. The third-order valence-electron chi connectivity index (χ3n) is 0.645. The molecular weight excluding hydrogens is 98.1 g/mol. The van der Waals surface area contributed by atoms with E-state index >= 15 is 0 Å². The summed E-state index contributed by atoms with van der Waals surface area (Å²) in [5.74, 6) is 0. The van der Waals surface area contributed by atoms with Gasteiger partial charge in [-0.15, -0.1) is 0 Å². The molecule has 1 nitrogen and oxygen atoms in total. The number of nitrogens with zero attached hydrogens (tertiary/aromatic N) is 1. The van der Waals surface area contributed by atoms with Crippen molar-refractivity contribution >= 4 is 0 Å². The Morgan fingerprint density at radius 1 is 1.12 bits per heavy atom. The van der Waals surface area contributed by atoms with Gasteiger partial charge in [-0.05, 0) is 19.4 Å². The highest BCUT2D eigenvalue weighted by Gasteiger charge is 1.99. The van der Waals surface area contributed by atoms with Crippen LogP contribution in [0.25, 0.3) is 0 Å². The highest BCUT2D eigenvalue weighted by atomic mass is 15.3. The van der Waals surface area contributed by atoms with E-state index in [1.165, 1.54) is 5.57 Å². The van der Waals surface area contributed by atoms with Crippen molar-refractivity contribution in [1.82, 2.24) is 0 Å². The fourth-order valence-electron chi connectivity index (χ4n) is 0.775. The van der Waals surface area contributed by atoms with Gasteiger partial charge in [-0.3, -0.25) is 0 Å². The van der Waals surface area contributed by atoms with E-state index in [0.29, 0.717) is 0 Å². The van der Waals surface area contributed by atoms with Crippen molar-refractivity contribution in [2.45, 2.75) is 13.8 Å². The van der Waals surface area contributed by atoms with E-state index in [9.17, 15) is 0 Å². The smallest absolute Gasteiger partial charge is 0.0938 e. The van der Waals surface area contributed by atoms with Crippen LogP contribution in [0.15, 0.2) is 11.8 Å². The number of rotatable bonds is 1. The van der Waals surface area contributed by atoms with Crippen LogP contribution in [0.1, 0.15) is 13.8 Å². The van der Waals surface area contributed by atoms with Gasteiger partial charge in [-0.2, -0.15) is 0 Å². The van der Waals surface area contributed by atoms with Gasteiger partial charge >= 0.3 is 0 Å². The molecule has 0 aromatic rings. The summed E-state index contributed by atoms with van der Waals surface area (Å²) in [5.41, 5.74) is 1.37. The first-order valence-corrected chi connectivity index (χ1v) is 2.89. The fourth-order valence-corrected chi connectivity index (χ4v) is 0.775. The Bertz CT molecular complexity index is 91.4. The highest BCUT2D eigenvalue weighted by molar-refractivity contribution is 4.85. The van der Waals surface area contributed by atoms with Crippen LogP contribution in [0, 0.1) is 0 Å². The van der Waals surface area contributed by atoms with Crippen molar-refractivity contribution in [3.05, 3.63) is 11.8 Å². The fraction of sp³-hybridized carbons (Fsp3) is 0.714. The summed E-state index contributed by atoms with van der Waals surface area (Å²) in [4.78, 5) is 0. The highest BCUT2D eigenvalue weighted by Crippen LogP contribution is 1.96. The summed E-state index contributed by atoms with van der Waals surface area (Å²) in [7, 11) is 6.44. The quantitative estimate of drug-likeness (QED) is 0.454. The summed E-state index contributed by atoms with van der Waals surface area (Å²) < 4.78 is 0.919. The maximum atomic E-state index is 2.21. The Hall–Kier alpha value is -0.300. The van der Waals surface area contributed by atoms with Gasteiger partial charge in [0.1, 0.15) is 0 Å². The second-order valence-corrected chi connectivity index (χ2v) is 3.32. The van der Waals surface area contributed by atoms with Crippen LogP contribution in [0.4, 0.5) is 0 Å². The predicted molar refractivity (Wildman–Crippen MR) is 37.5 cm³/mol. The van der Waals surface area contributed by atoms with Crippen molar-refractivity contribution in [1.29, 1.82) is 0 Å². The Morgan fingerprint density at radius 3 is 1.50 bits per heavy atom. The average molecular weight is 114 g/mol. The molecule has 0 bridgehead atoms. The lowest BCUT2D eigenvalue weighted by molar-refractivity contribution is -0.817. The Morgan fingerprint density at radius 2 is 1.50 bits per heavy atom. The lowest BCUT2D eigenvalue weighted by atomic mass is 10.4. The average Bonchev–Trinajstić information content (AvgIpc) is 1.21. The van der Waals surface area contributed by atoms with Crippen molar-refractivity contribution in [3.63, 3.8) is 0 Å². The Labute approximate surface area is 52.2 Å². The van der Waals surface area contributed by atoms with Crippen LogP contribution in [0.2, 0.25) is 0 Å². The Balaban J connectivity index is 3.89. The van der Waals surface area contributed by atoms with Crippen molar-refractivity contribution in [2.24, 2.45) is 0 Å². The normalized spacial score (nSPS) is 11.1. The largest absolute Gasteiger partial charge is 0.305 e. The van der Waals surface area contributed by atoms with Crippen LogP contribution in [0.5, 0.6) is 0 Å². The maximum absolute atomic E-state index is 2.21. The second-order valence-electron chi connectivity index (χ2n) is 3.32. The van der Waals surface area contributed by atoms with Crippen LogP contribution < -0.4 is 0 Å². The molecule has 8 heavy (non-hydrogen) atoms. The van der Waals surface area contributed by atoms with E-state index in [0.717, 1.165) is 4.48 Å². The molecule has 48 valence electrons. The zero-order valence-corrected chi connectivity index (χ0v) is 6.52. The molecular formula is C7H16N+. The molecule has 0 spiro atoms. The van der Waals surface area contributed by atoms with E-state index in [2.05, 4.69) is 41.2 Å². The summed E-state index contributed by atoms with van der Waals surface area (Å²) in [5, 5.41) is 0. The molecule has 0 unspecified atom stereocenters. The number of allylic oxidation sites excluding steroid dienone is 1. The van der Waals surface area contributed by atoms with Gasteiger partial charge in [0.2, 0.25) is 0 Å². The molecule has 0 aliphatic carbocycles.